The molecule has 0 N–H and O–H groups in total. The van der Waals surface area contributed by atoms with Gasteiger partial charge in [-0.05, 0) is 42.7 Å². The van der Waals surface area contributed by atoms with E-state index >= 15 is 0 Å². The van der Waals surface area contributed by atoms with Gasteiger partial charge >= 0.3 is 0 Å². The van der Waals surface area contributed by atoms with Crippen LogP contribution in [0.3, 0.4) is 0 Å². The van der Waals surface area contributed by atoms with Crippen LogP contribution in [0.4, 0.5) is 0 Å². The van der Waals surface area contributed by atoms with Crippen LogP contribution < -0.4 is 5.56 Å². The molecule has 5 nitrogen and oxygen atoms in total. The predicted octanol–water partition coefficient (Wildman–Crippen LogP) is 4.02. The monoisotopic (exact) mass is 394 g/mol. The minimum Gasteiger partial charge on any atom is -0.451 e. The van der Waals surface area contributed by atoms with E-state index in [1.165, 1.54) is 0 Å². The zero-order valence-electron chi connectivity index (χ0n) is 15.2. The van der Waals surface area contributed by atoms with Crippen LogP contribution in [0, 0.1) is 5.92 Å². The van der Waals surface area contributed by atoms with Gasteiger partial charge in [-0.2, -0.15) is 0 Å². The normalized spacial score (nSPS) is 20.7. The van der Waals surface area contributed by atoms with Gasteiger partial charge in [-0.3, -0.25) is 9.59 Å². The van der Waals surface area contributed by atoms with Crippen LogP contribution in [-0.4, -0.2) is 28.5 Å². The quantitative estimate of drug-likeness (QED) is 0.659. The Hall–Kier alpha value is -2.79. The lowest BCUT2D eigenvalue weighted by Gasteiger charge is -2.42. The Bertz CT molecular complexity index is 1120. The largest absolute Gasteiger partial charge is 0.451 e. The molecule has 0 aliphatic carbocycles. The standard InChI is InChI=1S/C22H19ClN2O3/c23-17-4-1-3-15(10-17)19-7-8-20(28-19)22(27)24-11-14-9-16(13-24)18-5-2-6-21(26)25(18)12-14/h1-8,10,14,16H,9,11-13H2. The molecular weight excluding hydrogens is 376 g/mol. The van der Waals surface area contributed by atoms with Crippen molar-refractivity contribution in [1.29, 1.82) is 0 Å². The number of likely N-dealkylation sites (tertiary alicyclic amines) is 1. The average Bonchev–Trinajstić information content (AvgIpc) is 3.18. The van der Waals surface area contributed by atoms with Gasteiger partial charge in [0.05, 0.1) is 0 Å². The van der Waals surface area contributed by atoms with Crippen molar-refractivity contribution in [3.05, 3.63) is 81.4 Å². The van der Waals surface area contributed by atoms with Crippen molar-refractivity contribution in [2.24, 2.45) is 5.92 Å². The van der Waals surface area contributed by atoms with Crippen molar-refractivity contribution in [2.45, 2.75) is 18.9 Å². The van der Waals surface area contributed by atoms with Crippen LogP contribution in [0.2, 0.25) is 5.02 Å². The molecule has 2 atom stereocenters. The number of furan rings is 1. The van der Waals surface area contributed by atoms with Crippen molar-refractivity contribution < 1.29 is 9.21 Å². The first kappa shape index (κ1) is 17.3. The number of hydrogen-bond acceptors (Lipinski definition) is 3. The Morgan fingerprint density at radius 3 is 2.75 bits per heavy atom. The van der Waals surface area contributed by atoms with E-state index < -0.39 is 0 Å². The van der Waals surface area contributed by atoms with Crippen LogP contribution in [0.25, 0.3) is 11.3 Å². The predicted molar refractivity (Wildman–Crippen MR) is 107 cm³/mol. The number of carbonyl (C=O) groups is 1. The molecule has 0 spiro atoms. The molecule has 4 heterocycles. The third kappa shape index (κ3) is 2.96. The van der Waals surface area contributed by atoms with Gasteiger partial charge in [0.15, 0.2) is 5.76 Å². The van der Waals surface area contributed by atoms with Crippen LogP contribution in [0.1, 0.15) is 28.6 Å². The maximum atomic E-state index is 13.1. The van der Waals surface area contributed by atoms with Gasteiger partial charge in [0.25, 0.3) is 11.5 Å². The number of benzene rings is 1. The molecule has 5 rings (SSSR count). The van der Waals surface area contributed by atoms with Crippen LogP contribution in [-0.2, 0) is 6.54 Å². The van der Waals surface area contributed by atoms with E-state index in [2.05, 4.69) is 0 Å². The molecule has 1 aromatic carbocycles. The van der Waals surface area contributed by atoms with Gasteiger partial charge in [0.2, 0.25) is 0 Å². The van der Waals surface area contributed by atoms with Gasteiger partial charge in [0, 0.05) is 47.9 Å². The lowest BCUT2D eigenvalue weighted by atomic mass is 9.83. The third-order valence-corrected chi connectivity index (χ3v) is 5.93. The highest BCUT2D eigenvalue weighted by molar-refractivity contribution is 6.30. The third-order valence-electron chi connectivity index (χ3n) is 5.69. The second-order valence-electron chi connectivity index (χ2n) is 7.58. The molecule has 1 saturated heterocycles. The second-order valence-corrected chi connectivity index (χ2v) is 8.02. The summed E-state index contributed by atoms with van der Waals surface area (Å²) in [5.74, 6) is 1.33. The number of nitrogens with zero attached hydrogens (tertiary/aromatic N) is 2. The summed E-state index contributed by atoms with van der Waals surface area (Å²) >= 11 is 6.05. The van der Waals surface area contributed by atoms with Crippen LogP contribution in [0.5, 0.6) is 0 Å². The molecule has 2 aromatic heterocycles. The minimum atomic E-state index is -0.102. The van der Waals surface area contributed by atoms with Gasteiger partial charge in [-0.15, -0.1) is 0 Å². The van der Waals surface area contributed by atoms with E-state index in [4.69, 9.17) is 16.0 Å². The molecule has 2 bridgehead atoms. The Labute approximate surface area is 167 Å². The fourth-order valence-electron chi connectivity index (χ4n) is 4.47. The van der Waals surface area contributed by atoms with E-state index in [-0.39, 0.29) is 23.3 Å². The number of piperidine rings is 1. The summed E-state index contributed by atoms with van der Waals surface area (Å²) in [6, 6.07) is 16.3. The number of pyridine rings is 1. The topological polar surface area (TPSA) is 55.5 Å². The van der Waals surface area contributed by atoms with Crippen molar-refractivity contribution in [1.82, 2.24) is 9.47 Å². The number of carbonyl (C=O) groups excluding carboxylic acids is 1. The average molecular weight is 395 g/mol. The SMILES string of the molecule is O=C(c1ccc(-c2cccc(Cl)c2)o1)N1CC2CC(C1)c1cccc(=O)n1C2. The van der Waals surface area contributed by atoms with Gasteiger partial charge in [-0.25, -0.2) is 0 Å². The molecule has 2 aliphatic rings. The summed E-state index contributed by atoms with van der Waals surface area (Å²) in [7, 11) is 0. The van der Waals surface area contributed by atoms with Crippen molar-refractivity contribution in [3.8, 4) is 11.3 Å². The van der Waals surface area contributed by atoms with Gasteiger partial charge in [-0.1, -0.05) is 29.8 Å². The minimum absolute atomic E-state index is 0.0455. The molecule has 6 heteroatoms. The highest BCUT2D eigenvalue weighted by Crippen LogP contribution is 2.36. The zero-order valence-corrected chi connectivity index (χ0v) is 15.9. The number of hydrogen-bond donors (Lipinski definition) is 0. The molecule has 142 valence electrons. The number of halogens is 1. The van der Waals surface area contributed by atoms with E-state index in [0.717, 1.165) is 17.7 Å². The molecule has 0 saturated carbocycles. The summed E-state index contributed by atoms with van der Waals surface area (Å²) in [6.07, 6.45) is 1.01. The maximum absolute atomic E-state index is 13.1. The summed E-state index contributed by atoms with van der Waals surface area (Å²) in [6.45, 7) is 1.91. The molecular formula is C22H19ClN2O3. The summed E-state index contributed by atoms with van der Waals surface area (Å²) < 4.78 is 7.71. The summed E-state index contributed by atoms with van der Waals surface area (Å²) in [5.41, 5.74) is 1.92. The smallest absolute Gasteiger partial charge is 0.289 e. The molecule has 1 amide bonds. The van der Waals surface area contributed by atoms with Crippen molar-refractivity contribution >= 4 is 17.5 Å². The van der Waals surface area contributed by atoms with E-state index in [9.17, 15) is 9.59 Å². The maximum Gasteiger partial charge on any atom is 0.289 e. The van der Waals surface area contributed by atoms with E-state index in [1.807, 2.05) is 33.7 Å². The Morgan fingerprint density at radius 1 is 1.04 bits per heavy atom. The molecule has 28 heavy (non-hydrogen) atoms. The summed E-state index contributed by atoms with van der Waals surface area (Å²) in [5, 5.41) is 0.625. The van der Waals surface area contributed by atoms with Crippen LogP contribution in [0.15, 0.2) is 63.8 Å². The first-order valence-electron chi connectivity index (χ1n) is 9.43. The lowest BCUT2D eigenvalue weighted by molar-refractivity contribution is 0.0564. The number of aromatic nitrogens is 1. The molecule has 2 aliphatic heterocycles. The van der Waals surface area contributed by atoms with Crippen molar-refractivity contribution in [2.75, 3.05) is 13.1 Å². The summed E-state index contributed by atoms with van der Waals surface area (Å²) in [4.78, 5) is 27.1. The number of fused-ring (bicyclic) bond motifs is 4. The fourth-order valence-corrected chi connectivity index (χ4v) is 4.66. The Balaban J connectivity index is 1.39. The number of rotatable bonds is 2. The molecule has 3 aromatic rings. The Morgan fingerprint density at radius 2 is 1.89 bits per heavy atom. The Kier molecular flexibility index (Phi) is 4.13. The van der Waals surface area contributed by atoms with Gasteiger partial charge in [0.1, 0.15) is 5.76 Å². The molecule has 1 fully saturated rings. The highest BCUT2D eigenvalue weighted by atomic mass is 35.5. The fraction of sp³-hybridized carbons (Fsp3) is 0.273. The lowest BCUT2D eigenvalue weighted by Crippen LogP contribution is -2.49. The molecule has 2 unspecified atom stereocenters. The highest BCUT2D eigenvalue weighted by Gasteiger charge is 2.37. The van der Waals surface area contributed by atoms with E-state index in [1.54, 1.807) is 30.3 Å². The number of amides is 1. The van der Waals surface area contributed by atoms with E-state index in [0.29, 0.717) is 36.2 Å². The first-order chi connectivity index (χ1) is 13.6. The zero-order chi connectivity index (χ0) is 19.3. The molecule has 0 radical (unpaired) electrons. The first-order valence-corrected chi connectivity index (χ1v) is 9.81. The second kappa shape index (κ2) is 6.67. The van der Waals surface area contributed by atoms with Crippen molar-refractivity contribution in [3.63, 3.8) is 0 Å². The van der Waals surface area contributed by atoms with Crippen LogP contribution >= 0.6 is 11.6 Å². The van der Waals surface area contributed by atoms with Gasteiger partial charge < -0.3 is 13.9 Å².